The summed E-state index contributed by atoms with van der Waals surface area (Å²) in [4.78, 5) is 0. The topological polar surface area (TPSA) is 47.3 Å². The second kappa shape index (κ2) is 4.77. The van der Waals surface area contributed by atoms with Gasteiger partial charge in [0.25, 0.3) is 0 Å². The second-order valence-electron chi connectivity index (χ2n) is 3.66. The number of nitrogens with zero attached hydrogens (tertiary/aromatic N) is 2. The van der Waals surface area contributed by atoms with Crippen LogP contribution in [0, 0.1) is 6.92 Å². The highest BCUT2D eigenvalue weighted by molar-refractivity contribution is 6.32. The lowest BCUT2D eigenvalue weighted by Gasteiger charge is -2.05. The van der Waals surface area contributed by atoms with E-state index in [0.717, 1.165) is 16.9 Å². The van der Waals surface area contributed by atoms with Crippen molar-refractivity contribution in [2.24, 2.45) is 0 Å². The van der Waals surface area contributed by atoms with Gasteiger partial charge in [0.15, 0.2) is 0 Å². The van der Waals surface area contributed by atoms with Gasteiger partial charge in [0, 0.05) is 11.8 Å². The fourth-order valence-corrected chi connectivity index (χ4v) is 1.83. The highest BCUT2D eigenvalue weighted by Gasteiger charge is 2.07. The van der Waals surface area contributed by atoms with Crippen LogP contribution in [-0.4, -0.2) is 22.0 Å². The fourth-order valence-electron chi connectivity index (χ4n) is 1.58. The zero-order chi connectivity index (χ0) is 12.4. The van der Waals surface area contributed by atoms with E-state index in [4.69, 9.17) is 21.4 Å². The molecule has 1 N–H and O–H groups in total. The summed E-state index contributed by atoms with van der Waals surface area (Å²) in [7, 11) is 1.57. The Morgan fingerprint density at radius 3 is 2.76 bits per heavy atom. The molecule has 1 aromatic carbocycles. The van der Waals surface area contributed by atoms with Crippen LogP contribution >= 0.6 is 11.6 Å². The molecule has 0 radical (unpaired) electrons. The summed E-state index contributed by atoms with van der Waals surface area (Å²) < 4.78 is 6.77. The van der Waals surface area contributed by atoms with Crippen molar-refractivity contribution in [3.05, 3.63) is 40.7 Å². The summed E-state index contributed by atoms with van der Waals surface area (Å²) in [5.74, 6) is 0.627. The van der Waals surface area contributed by atoms with Gasteiger partial charge < -0.3 is 9.84 Å². The van der Waals surface area contributed by atoms with Crippen LogP contribution in [-0.2, 0) is 6.61 Å². The highest BCUT2D eigenvalue weighted by atomic mass is 35.5. The summed E-state index contributed by atoms with van der Waals surface area (Å²) >= 11 is 6.04. The van der Waals surface area contributed by atoms with Crippen LogP contribution in [0.3, 0.4) is 0 Å². The Morgan fingerprint density at radius 1 is 1.47 bits per heavy atom. The molecule has 4 nitrogen and oxygen atoms in total. The molecule has 0 amide bonds. The van der Waals surface area contributed by atoms with E-state index in [1.807, 2.05) is 13.0 Å². The zero-order valence-electron chi connectivity index (χ0n) is 9.64. The summed E-state index contributed by atoms with van der Waals surface area (Å²) in [5, 5.41) is 14.0. The molecule has 0 saturated carbocycles. The summed E-state index contributed by atoms with van der Waals surface area (Å²) in [6.45, 7) is 1.84. The molecule has 1 aromatic heterocycles. The molecular formula is C12H13ClN2O2. The molecule has 1 heterocycles. The van der Waals surface area contributed by atoms with E-state index in [-0.39, 0.29) is 6.61 Å². The first-order valence-corrected chi connectivity index (χ1v) is 5.53. The molecule has 17 heavy (non-hydrogen) atoms. The van der Waals surface area contributed by atoms with Crippen LogP contribution < -0.4 is 4.74 Å². The van der Waals surface area contributed by atoms with Crippen LogP contribution in [0.15, 0.2) is 24.4 Å². The van der Waals surface area contributed by atoms with Gasteiger partial charge >= 0.3 is 0 Å². The third-order valence-corrected chi connectivity index (χ3v) is 2.87. The largest absolute Gasteiger partial charge is 0.495 e. The normalized spacial score (nSPS) is 10.6. The number of benzene rings is 1. The third kappa shape index (κ3) is 2.28. The molecule has 2 aromatic rings. The van der Waals surface area contributed by atoms with Crippen LogP contribution in [0.1, 0.15) is 11.3 Å². The molecule has 0 aliphatic rings. The van der Waals surface area contributed by atoms with Crippen molar-refractivity contribution in [1.29, 1.82) is 0 Å². The quantitative estimate of drug-likeness (QED) is 0.912. The molecule has 0 aliphatic carbocycles. The second-order valence-corrected chi connectivity index (χ2v) is 4.07. The Bertz CT molecular complexity index is 537. The minimum absolute atomic E-state index is 0.0181. The molecule has 90 valence electrons. The molecule has 0 aliphatic heterocycles. The first kappa shape index (κ1) is 12.0. The minimum Gasteiger partial charge on any atom is -0.495 e. The third-order valence-electron chi connectivity index (χ3n) is 2.57. The fraction of sp³-hybridized carbons (Fsp3) is 0.250. The zero-order valence-corrected chi connectivity index (χ0v) is 10.4. The lowest BCUT2D eigenvalue weighted by Crippen LogP contribution is -1.95. The number of halogens is 1. The standard InChI is InChI=1S/C12H13ClN2O2/c1-8-9(7-16)6-15(14-8)10-3-4-12(17-2)11(13)5-10/h3-6,16H,7H2,1-2H3. The van der Waals surface area contributed by atoms with Gasteiger partial charge in [0.1, 0.15) is 5.75 Å². The van der Waals surface area contributed by atoms with Gasteiger partial charge in [-0.15, -0.1) is 0 Å². The molecule has 2 rings (SSSR count). The average molecular weight is 253 g/mol. The molecular weight excluding hydrogens is 240 g/mol. The first-order valence-electron chi connectivity index (χ1n) is 5.15. The van der Waals surface area contributed by atoms with E-state index in [2.05, 4.69) is 5.10 Å². The van der Waals surface area contributed by atoms with E-state index in [1.54, 1.807) is 30.1 Å². The van der Waals surface area contributed by atoms with Gasteiger partial charge in [-0.2, -0.15) is 5.10 Å². The number of methoxy groups -OCH3 is 1. The van der Waals surface area contributed by atoms with Crippen molar-refractivity contribution in [1.82, 2.24) is 9.78 Å². The van der Waals surface area contributed by atoms with Crippen LogP contribution in [0.4, 0.5) is 0 Å². The van der Waals surface area contributed by atoms with Gasteiger partial charge in [-0.25, -0.2) is 4.68 Å². The van der Waals surface area contributed by atoms with Gasteiger partial charge in [0.2, 0.25) is 0 Å². The average Bonchev–Trinajstić information content (AvgIpc) is 2.70. The Balaban J connectivity index is 2.42. The molecule has 0 spiro atoms. The van der Waals surface area contributed by atoms with Crippen molar-refractivity contribution >= 4 is 11.6 Å². The maximum atomic E-state index is 9.12. The minimum atomic E-state index is -0.0181. The van der Waals surface area contributed by atoms with Crippen molar-refractivity contribution in [2.45, 2.75) is 13.5 Å². The maximum Gasteiger partial charge on any atom is 0.137 e. The van der Waals surface area contributed by atoms with E-state index in [0.29, 0.717) is 10.8 Å². The Morgan fingerprint density at radius 2 is 2.24 bits per heavy atom. The monoisotopic (exact) mass is 252 g/mol. The van der Waals surface area contributed by atoms with Crippen molar-refractivity contribution in [2.75, 3.05) is 7.11 Å². The predicted octanol–water partition coefficient (Wildman–Crippen LogP) is 2.34. The number of aryl methyl sites for hydroxylation is 1. The first-order chi connectivity index (χ1) is 8.15. The number of aliphatic hydroxyl groups is 1. The number of rotatable bonds is 3. The molecule has 0 saturated heterocycles. The van der Waals surface area contributed by atoms with Crippen molar-refractivity contribution in [3.8, 4) is 11.4 Å². The Labute approximate surface area is 104 Å². The molecule has 5 heteroatoms. The van der Waals surface area contributed by atoms with Gasteiger partial charge in [-0.05, 0) is 25.1 Å². The summed E-state index contributed by atoms with van der Waals surface area (Å²) in [6.07, 6.45) is 1.79. The van der Waals surface area contributed by atoms with Crippen LogP contribution in [0.5, 0.6) is 5.75 Å². The number of aromatic nitrogens is 2. The Kier molecular flexibility index (Phi) is 3.36. The van der Waals surface area contributed by atoms with Gasteiger partial charge in [0.05, 0.1) is 30.1 Å². The summed E-state index contributed by atoms with van der Waals surface area (Å²) in [5.41, 5.74) is 2.44. The van der Waals surface area contributed by atoms with Crippen LogP contribution in [0.2, 0.25) is 5.02 Å². The van der Waals surface area contributed by atoms with Gasteiger partial charge in [-0.3, -0.25) is 0 Å². The summed E-state index contributed by atoms with van der Waals surface area (Å²) in [6, 6.07) is 5.42. The number of hydrogen-bond donors (Lipinski definition) is 1. The predicted molar refractivity (Wildman–Crippen MR) is 65.8 cm³/mol. The molecule has 0 atom stereocenters. The van der Waals surface area contributed by atoms with Crippen molar-refractivity contribution < 1.29 is 9.84 Å². The van der Waals surface area contributed by atoms with E-state index < -0.39 is 0 Å². The van der Waals surface area contributed by atoms with E-state index >= 15 is 0 Å². The lowest BCUT2D eigenvalue weighted by atomic mass is 10.3. The Hall–Kier alpha value is -1.52. The highest BCUT2D eigenvalue weighted by Crippen LogP contribution is 2.26. The maximum absolute atomic E-state index is 9.12. The number of hydrogen-bond acceptors (Lipinski definition) is 3. The SMILES string of the molecule is COc1ccc(-n2cc(CO)c(C)n2)cc1Cl. The smallest absolute Gasteiger partial charge is 0.137 e. The van der Waals surface area contributed by atoms with Gasteiger partial charge in [-0.1, -0.05) is 11.6 Å². The molecule has 0 unspecified atom stereocenters. The lowest BCUT2D eigenvalue weighted by molar-refractivity contribution is 0.281. The molecule has 0 bridgehead atoms. The van der Waals surface area contributed by atoms with Crippen LogP contribution in [0.25, 0.3) is 5.69 Å². The van der Waals surface area contributed by atoms with E-state index in [9.17, 15) is 0 Å². The van der Waals surface area contributed by atoms with E-state index in [1.165, 1.54) is 0 Å². The number of aliphatic hydroxyl groups excluding tert-OH is 1. The molecule has 0 fully saturated rings. The number of ether oxygens (including phenoxy) is 1. The van der Waals surface area contributed by atoms with Crippen molar-refractivity contribution in [3.63, 3.8) is 0 Å².